The van der Waals surface area contributed by atoms with E-state index in [0.29, 0.717) is 11.4 Å². The molecule has 0 fully saturated rings. The van der Waals surface area contributed by atoms with Crippen LogP contribution in [0.4, 0.5) is 0 Å². The Balaban J connectivity index is 4.85. The number of rotatable bonds is 7. The second-order valence-electron chi connectivity index (χ2n) is 3.74. The zero-order valence-electron chi connectivity index (χ0n) is 10.9. The van der Waals surface area contributed by atoms with E-state index in [9.17, 15) is 0 Å². The first-order valence-corrected chi connectivity index (χ1v) is 5.76. The van der Waals surface area contributed by atoms with E-state index in [-0.39, 0.29) is 11.9 Å². The van der Waals surface area contributed by atoms with Gasteiger partial charge in [0.15, 0.2) is 0 Å². The number of nitrogens with zero attached hydrogens (tertiary/aromatic N) is 4. The summed E-state index contributed by atoms with van der Waals surface area (Å²) in [7, 11) is 0. The van der Waals surface area contributed by atoms with Crippen LogP contribution < -0.4 is 22.9 Å². The first kappa shape index (κ1) is 15.9. The van der Waals surface area contributed by atoms with Crippen molar-refractivity contribution < 1.29 is 0 Å². The van der Waals surface area contributed by atoms with Gasteiger partial charge in [-0.1, -0.05) is 19.8 Å². The van der Waals surface area contributed by atoms with Crippen LogP contribution in [0.1, 0.15) is 39.5 Å². The van der Waals surface area contributed by atoms with E-state index < -0.39 is 0 Å². The van der Waals surface area contributed by atoms with E-state index >= 15 is 0 Å². The molecule has 0 aromatic carbocycles. The minimum absolute atomic E-state index is 0.0994. The van der Waals surface area contributed by atoms with Crippen LogP contribution in [0.5, 0.6) is 0 Å². The summed E-state index contributed by atoms with van der Waals surface area (Å²) in [5, 5.41) is 15.0. The molecular weight excluding hydrogens is 232 g/mol. The van der Waals surface area contributed by atoms with Crippen LogP contribution in [0.25, 0.3) is 0 Å². The van der Waals surface area contributed by atoms with Gasteiger partial charge >= 0.3 is 0 Å². The highest BCUT2D eigenvalue weighted by Crippen LogP contribution is 2.03. The van der Waals surface area contributed by atoms with Crippen LogP contribution in [-0.2, 0) is 0 Å². The third-order valence-corrected chi connectivity index (χ3v) is 2.04. The molecule has 0 spiro atoms. The van der Waals surface area contributed by atoms with Crippen LogP contribution in [0.3, 0.4) is 0 Å². The minimum Gasteiger partial charge on any atom is -0.369 e. The van der Waals surface area contributed by atoms with Crippen LogP contribution >= 0.6 is 0 Å². The number of hydrogen-bond donors (Lipinski definition) is 4. The standard InChI is InChI=1S/C10H22N8/c1-3-4-5-6-8(16-18-10(13)14)7(2)15-17-9(11)12/h3-6H2,1-2H3,(H4,11,12,17)(H4,13,14,18)/b15-7+,16-8+. The molecule has 0 aromatic rings. The maximum Gasteiger partial charge on any atom is 0.211 e. The normalized spacial score (nSPS) is 12.1. The van der Waals surface area contributed by atoms with Crippen molar-refractivity contribution in [2.75, 3.05) is 0 Å². The molecule has 0 atom stereocenters. The maximum absolute atomic E-state index is 5.23. The molecule has 0 heterocycles. The number of nitrogens with two attached hydrogens (primary N) is 4. The lowest BCUT2D eigenvalue weighted by Gasteiger charge is -2.02. The van der Waals surface area contributed by atoms with Crippen LogP contribution in [0.2, 0.25) is 0 Å². The second-order valence-corrected chi connectivity index (χ2v) is 3.74. The molecular formula is C10H22N8. The van der Waals surface area contributed by atoms with Crippen molar-refractivity contribution in [3.63, 3.8) is 0 Å². The summed E-state index contributed by atoms with van der Waals surface area (Å²) in [6, 6.07) is 0. The molecule has 0 saturated carbocycles. The van der Waals surface area contributed by atoms with Gasteiger partial charge in [-0.05, 0) is 19.8 Å². The molecule has 0 bridgehead atoms. The van der Waals surface area contributed by atoms with Crippen LogP contribution in [-0.4, -0.2) is 23.3 Å². The van der Waals surface area contributed by atoms with E-state index in [1.807, 2.05) is 0 Å². The van der Waals surface area contributed by atoms with Crippen molar-refractivity contribution in [2.45, 2.75) is 39.5 Å². The summed E-state index contributed by atoms with van der Waals surface area (Å²) >= 11 is 0. The van der Waals surface area contributed by atoms with Crippen LogP contribution in [0, 0.1) is 0 Å². The van der Waals surface area contributed by atoms with Crippen LogP contribution in [0.15, 0.2) is 20.4 Å². The summed E-state index contributed by atoms with van der Waals surface area (Å²) in [5.74, 6) is -0.207. The van der Waals surface area contributed by atoms with E-state index in [2.05, 4.69) is 27.3 Å². The van der Waals surface area contributed by atoms with Crippen molar-refractivity contribution in [1.29, 1.82) is 0 Å². The smallest absolute Gasteiger partial charge is 0.211 e. The van der Waals surface area contributed by atoms with Crippen molar-refractivity contribution >= 4 is 23.3 Å². The Kier molecular flexibility index (Phi) is 7.91. The van der Waals surface area contributed by atoms with Gasteiger partial charge in [0.2, 0.25) is 11.9 Å². The molecule has 0 radical (unpaired) electrons. The number of guanidine groups is 2. The van der Waals surface area contributed by atoms with Gasteiger partial charge in [0, 0.05) is 0 Å². The zero-order chi connectivity index (χ0) is 14.0. The van der Waals surface area contributed by atoms with Gasteiger partial charge in [-0.25, -0.2) is 0 Å². The Hall–Kier alpha value is -2.12. The third-order valence-electron chi connectivity index (χ3n) is 2.04. The van der Waals surface area contributed by atoms with Gasteiger partial charge in [-0.15, -0.1) is 10.2 Å². The molecule has 102 valence electrons. The number of unbranched alkanes of at least 4 members (excludes halogenated alkanes) is 2. The molecule has 8 heteroatoms. The lowest BCUT2D eigenvalue weighted by molar-refractivity contribution is 0.742. The predicted molar refractivity (Wildman–Crippen MR) is 76.3 cm³/mol. The topological polar surface area (TPSA) is 154 Å². The first-order chi connectivity index (χ1) is 8.47. The van der Waals surface area contributed by atoms with E-state index in [1.165, 1.54) is 0 Å². The predicted octanol–water partition coefficient (Wildman–Crippen LogP) is -0.155. The highest BCUT2D eigenvalue weighted by Gasteiger charge is 2.04. The molecule has 0 aromatic heterocycles. The average molecular weight is 254 g/mol. The summed E-state index contributed by atoms with van der Waals surface area (Å²) in [4.78, 5) is 0. The highest BCUT2D eigenvalue weighted by atomic mass is 15.3. The molecule has 8 N–H and O–H groups in total. The second kappa shape index (κ2) is 8.97. The van der Waals surface area contributed by atoms with Gasteiger partial charge in [0.1, 0.15) is 0 Å². The van der Waals surface area contributed by atoms with Crippen molar-refractivity contribution in [2.24, 2.45) is 43.3 Å². The van der Waals surface area contributed by atoms with Gasteiger partial charge in [0.05, 0.1) is 11.4 Å². The Morgan fingerprint density at radius 3 is 1.89 bits per heavy atom. The third kappa shape index (κ3) is 8.08. The molecule has 8 nitrogen and oxygen atoms in total. The Labute approximate surface area is 107 Å². The molecule has 18 heavy (non-hydrogen) atoms. The SMILES string of the molecule is CCCCCC(=N\N=C(N)N)/C(C)=N/N=C(N)N. The number of hydrogen-bond acceptors (Lipinski definition) is 4. The molecule has 0 unspecified atom stereocenters. The van der Waals surface area contributed by atoms with Gasteiger partial charge < -0.3 is 22.9 Å². The molecule has 0 aliphatic rings. The average Bonchev–Trinajstić information content (AvgIpc) is 2.30. The Morgan fingerprint density at radius 2 is 1.39 bits per heavy atom. The van der Waals surface area contributed by atoms with Crippen molar-refractivity contribution in [3.05, 3.63) is 0 Å². The highest BCUT2D eigenvalue weighted by molar-refractivity contribution is 6.41. The fourth-order valence-corrected chi connectivity index (χ4v) is 1.15. The Bertz CT molecular complexity index is 358. The van der Waals surface area contributed by atoms with Gasteiger partial charge in [-0.3, -0.25) is 0 Å². The molecule has 0 saturated heterocycles. The monoisotopic (exact) mass is 254 g/mol. The first-order valence-electron chi connectivity index (χ1n) is 5.76. The largest absolute Gasteiger partial charge is 0.369 e. The van der Waals surface area contributed by atoms with E-state index in [0.717, 1.165) is 25.7 Å². The molecule has 0 aliphatic heterocycles. The minimum atomic E-state index is -0.107. The summed E-state index contributed by atoms with van der Waals surface area (Å²) in [6.07, 6.45) is 3.90. The molecule has 0 amide bonds. The lowest BCUT2D eigenvalue weighted by atomic mass is 10.1. The molecule has 0 aliphatic carbocycles. The summed E-state index contributed by atoms with van der Waals surface area (Å²) in [5.41, 5.74) is 22.1. The zero-order valence-corrected chi connectivity index (χ0v) is 10.9. The fourth-order valence-electron chi connectivity index (χ4n) is 1.15. The van der Waals surface area contributed by atoms with Gasteiger partial charge in [-0.2, -0.15) is 10.2 Å². The summed E-state index contributed by atoms with van der Waals surface area (Å²) < 4.78 is 0. The fraction of sp³-hybridized carbons (Fsp3) is 0.600. The summed E-state index contributed by atoms with van der Waals surface area (Å²) in [6.45, 7) is 3.87. The quantitative estimate of drug-likeness (QED) is 0.216. The van der Waals surface area contributed by atoms with Gasteiger partial charge in [0.25, 0.3) is 0 Å². The maximum atomic E-state index is 5.23. The van der Waals surface area contributed by atoms with E-state index in [1.54, 1.807) is 6.92 Å². The van der Waals surface area contributed by atoms with Crippen molar-refractivity contribution in [3.8, 4) is 0 Å². The molecule has 0 rings (SSSR count). The van der Waals surface area contributed by atoms with E-state index in [4.69, 9.17) is 22.9 Å². The Morgan fingerprint density at radius 1 is 0.833 bits per heavy atom. The van der Waals surface area contributed by atoms with Crippen molar-refractivity contribution in [1.82, 2.24) is 0 Å². The lowest BCUT2D eigenvalue weighted by Crippen LogP contribution is -2.23.